The number of allylic oxidation sites excluding steroid dienone is 1. The Balaban J connectivity index is 1.86. The van der Waals surface area contributed by atoms with Crippen LogP contribution in [-0.4, -0.2) is 9.91 Å². The molecule has 128 valence electrons. The van der Waals surface area contributed by atoms with Gasteiger partial charge in [0, 0.05) is 28.2 Å². The maximum absolute atomic E-state index is 11.1. The fraction of sp³-hybridized carbons (Fsp3) is 0. The van der Waals surface area contributed by atoms with Gasteiger partial charge in [0.1, 0.15) is 22.3 Å². The Morgan fingerprint density at radius 3 is 2.69 bits per heavy atom. The monoisotopic (exact) mass is 382 g/mol. The molecule has 8 heteroatoms. The summed E-state index contributed by atoms with van der Waals surface area (Å²) in [4.78, 5) is 15.0. The predicted octanol–water partition coefficient (Wildman–Crippen LogP) is 5.35. The Morgan fingerprint density at radius 1 is 1.27 bits per heavy atom. The highest BCUT2D eigenvalue weighted by Gasteiger charge is 2.13. The molecule has 1 heterocycles. The molecule has 0 amide bonds. The molecule has 0 aliphatic rings. The zero-order valence-corrected chi connectivity index (χ0v) is 14.8. The Hall–Kier alpha value is -3.21. The predicted molar refractivity (Wildman–Crippen MR) is 103 cm³/mol. The molecular weight excluding hydrogens is 372 g/mol. The third-order valence-electron chi connectivity index (χ3n) is 3.47. The van der Waals surface area contributed by atoms with E-state index in [-0.39, 0.29) is 11.3 Å². The lowest BCUT2D eigenvalue weighted by atomic mass is 10.2. The molecular formula is C18H11ClN4O2S. The van der Waals surface area contributed by atoms with E-state index < -0.39 is 4.92 Å². The molecule has 1 N–H and O–H groups in total. The molecule has 26 heavy (non-hydrogen) atoms. The SMILES string of the molecule is N#C/C(=C\Nc1ccccc1[N+](=O)[O-])c1nc(-c2ccc(Cl)cc2)cs1. The number of nitro groups is 1. The van der Waals surface area contributed by atoms with Gasteiger partial charge < -0.3 is 5.32 Å². The number of nitrogens with zero attached hydrogens (tertiary/aromatic N) is 3. The van der Waals surface area contributed by atoms with E-state index in [4.69, 9.17) is 11.6 Å². The number of hydrogen-bond acceptors (Lipinski definition) is 6. The van der Waals surface area contributed by atoms with Gasteiger partial charge >= 0.3 is 0 Å². The third-order valence-corrected chi connectivity index (χ3v) is 4.60. The molecule has 0 aliphatic carbocycles. The van der Waals surface area contributed by atoms with Crippen molar-refractivity contribution in [2.45, 2.75) is 0 Å². The molecule has 0 bridgehead atoms. The molecule has 0 spiro atoms. The normalized spacial score (nSPS) is 11.0. The van der Waals surface area contributed by atoms with Crippen molar-refractivity contribution in [3.63, 3.8) is 0 Å². The minimum absolute atomic E-state index is 0.0676. The van der Waals surface area contributed by atoms with Crippen molar-refractivity contribution in [2.24, 2.45) is 0 Å². The van der Waals surface area contributed by atoms with Crippen molar-refractivity contribution in [1.29, 1.82) is 5.26 Å². The van der Waals surface area contributed by atoms with Gasteiger partial charge in [0.2, 0.25) is 0 Å². The lowest BCUT2D eigenvalue weighted by Gasteiger charge is -2.02. The fourth-order valence-electron chi connectivity index (χ4n) is 2.20. The number of halogens is 1. The summed E-state index contributed by atoms with van der Waals surface area (Å²) in [6, 6.07) is 15.5. The van der Waals surface area contributed by atoms with E-state index in [1.54, 1.807) is 30.3 Å². The number of anilines is 1. The van der Waals surface area contributed by atoms with E-state index in [1.165, 1.54) is 23.6 Å². The highest BCUT2D eigenvalue weighted by molar-refractivity contribution is 7.11. The number of benzene rings is 2. The van der Waals surface area contributed by atoms with Gasteiger partial charge in [0.25, 0.3) is 5.69 Å². The highest BCUT2D eigenvalue weighted by Crippen LogP contribution is 2.28. The standard InChI is InChI=1S/C18H11ClN4O2S/c19-14-7-5-12(6-8-14)16-11-26-18(22-16)13(9-20)10-21-15-3-1-2-4-17(15)23(24)25/h1-8,10-11,21H/b13-10+. The fourth-order valence-corrected chi connectivity index (χ4v) is 3.12. The maximum Gasteiger partial charge on any atom is 0.292 e. The van der Waals surface area contributed by atoms with Crippen molar-refractivity contribution in [3.05, 3.63) is 80.3 Å². The van der Waals surface area contributed by atoms with Crippen LogP contribution in [-0.2, 0) is 0 Å². The Bertz CT molecular complexity index is 1020. The number of rotatable bonds is 5. The number of thiazole rings is 1. The highest BCUT2D eigenvalue weighted by atomic mass is 35.5. The molecule has 0 saturated carbocycles. The second kappa shape index (κ2) is 7.78. The van der Waals surface area contributed by atoms with Crippen LogP contribution in [0.1, 0.15) is 5.01 Å². The van der Waals surface area contributed by atoms with Crippen LogP contribution in [0.3, 0.4) is 0 Å². The van der Waals surface area contributed by atoms with Crippen LogP contribution in [0.4, 0.5) is 11.4 Å². The number of para-hydroxylation sites is 2. The average molecular weight is 383 g/mol. The summed E-state index contributed by atoms with van der Waals surface area (Å²) in [6.45, 7) is 0. The first-order valence-electron chi connectivity index (χ1n) is 7.40. The molecule has 1 aromatic heterocycles. The first-order valence-corrected chi connectivity index (χ1v) is 8.66. The quantitative estimate of drug-likeness (QED) is 0.365. The molecule has 2 aromatic carbocycles. The maximum atomic E-state index is 11.1. The van der Waals surface area contributed by atoms with E-state index in [9.17, 15) is 15.4 Å². The minimum atomic E-state index is -0.482. The average Bonchev–Trinajstić information content (AvgIpc) is 3.13. The number of hydrogen-bond donors (Lipinski definition) is 1. The Morgan fingerprint density at radius 2 is 2.00 bits per heavy atom. The summed E-state index contributed by atoms with van der Waals surface area (Å²) >= 11 is 7.20. The topological polar surface area (TPSA) is 91.8 Å². The van der Waals surface area contributed by atoms with Gasteiger partial charge in [-0.05, 0) is 18.2 Å². The van der Waals surface area contributed by atoms with Crippen LogP contribution in [0, 0.1) is 21.4 Å². The van der Waals surface area contributed by atoms with E-state index in [0.717, 1.165) is 11.3 Å². The van der Waals surface area contributed by atoms with Gasteiger partial charge in [0.05, 0.1) is 10.6 Å². The van der Waals surface area contributed by atoms with Crippen LogP contribution in [0.15, 0.2) is 60.1 Å². The zero-order chi connectivity index (χ0) is 18.5. The van der Waals surface area contributed by atoms with Crippen molar-refractivity contribution >= 4 is 39.9 Å². The first-order chi connectivity index (χ1) is 12.6. The lowest BCUT2D eigenvalue weighted by molar-refractivity contribution is -0.383. The second-order valence-electron chi connectivity index (χ2n) is 5.13. The van der Waals surface area contributed by atoms with Gasteiger partial charge in [-0.1, -0.05) is 35.9 Å². The van der Waals surface area contributed by atoms with Crippen molar-refractivity contribution < 1.29 is 4.92 Å². The van der Waals surface area contributed by atoms with Gasteiger partial charge in [-0.3, -0.25) is 10.1 Å². The van der Waals surface area contributed by atoms with Crippen molar-refractivity contribution in [2.75, 3.05) is 5.32 Å². The van der Waals surface area contributed by atoms with Gasteiger partial charge in [-0.2, -0.15) is 5.26 Å². The van der Waals surface area contributed by atoms with Crippen LogP contribution in [0.25, 0.3) is 16.8 Å². The summed E-state index contributed by atoms with van der Waals surface area (Å²) in [6.07, 6.45) is 1.42. The van der Waals surface area contributed by atoms with E-state index in [0.29, 0.717) is 15.7 Å². The molecule has 0 aliphatic heterocycles. The number of nitrogens with one attached hydrogen (secondary N) is 1. The summed E-state index contributed by atoms with van der Waals surface area (Å²) in [5, 5.41) is 26.3. The second-order valence-corrected chi connectivity index (χ2v) is 6.43. The molecule has 0 saturated heterocycles. The molecule has 3 rings (SSSR count). The summed E-state index contributed by atoms with van der Waals surface area (Å²) in [5.41, 5.74) is 2.14. The zero-order valence-electron chi connectivity index (χ0n) is 13.2. The summed E-state index contributed by atoms with van der Waals surface area (Å²) in [7, 11) is 0. The number of nitriles is 1. The third kappa shape index (κ3) is 3.88. The Kier molecular flexibility index (Phi) is 5.27. The largest absolute Gasteiger partial charge is 0.355 e. The van der Waals surface area contributed by atoms with Gasteiger partial charge in [-0.15, -0.1) is 11.3 Å². The molecule has 6 nitrogen and oxygen atoms in total. The molecule has 0 fully saturated rings. The number of nitro benzene ring substituents is 1. The number of aromatic nitrogens is 1. The van der Waals surface area contributed by atoms with E-state index >= 15 is 0 Å². The van der Waals surface area contributed by atoms with Crippen molar-refractivity contribution in [3.8, 4) is 17.3 Å². The minimum Gasteiger partial charge on any atom is -0.355 e. The van der Waals surface area contributed by atoms with Crippen molar-refractivity contribution in [1.82, 2.24) is 4.98 Å². The molecule has 0 radical (unpaired) electrons. The first kappa shape index (κ1) is 17.6. The van der Waals surface area contributed by atoms with E-state index in [1.807, 2.05) is 17.5 Å². The molecule has 0 unspecified atom stereocenters. The smallest absolute Gasteiger partial charge is 0.292 e. The summed E-state index contributed by atoms with van der Waals surface area (Å²) in [5.74, 6) is 0. The summed E-state index contributed by atoms with van der Waals surface area (Å²) < 4.78 is 0. The van der Waals surface area contributed by atoms with Crippen LogP contribution in [0.5, 0.6) is 0 Å². The van der Waals surface area contributed by atoms with Crippen LogP contribution < -0.4 is 5.32 Å². The van der Waals surface area contributed by atoms with Crippen LogP contribution in [0.2, 0.25) is 5.02 Å². The van der Waals surface area contributed by atoms with Crippen LogP contribution >= 0.6 is 22.9 Å². The Labute approximate surface area is 158 Å². The van der Waals surface area contributed by atoms with E-state index in [2.05, 4.69) is 16.4 Å². The lowest BCUT2D eigenvalue weighted by Crippen LogP contribution is -1.96. The van der Waals surface area contributed by atoms with Gasteiger partial charge in [0.15, 0.2) is 0 Å². The van der Waals surface area contributed by atoms with Gasteiger partial charge in [-0.25, -0.2) is 4.98 Å². The molecule has 0 atom stereocenters. The molecule has 3 aromatic rings.